The average molecular weight is 206 g/mol. The molecule has 1 heteroatoms. The van der Waals surface area contributed by atoms with Crippen molar-refractivity contribution in [3.05, 3.63) is 28.8 Å². The fourth-order valence-electron chi connectivity index (χ4n) is 1.91. The number of hydrogen-bond acceptors (Lipinski definition) is 1. The van der Waals surface area contributed by atoms with Gasteiger partial charge in [-0.3, -0.25) is 0 Å². The van der Waals surface area contributed by atoms with E-state index in [1.54, 1.807) is 7.11 Å². The van der Waals surface area contributed by atoms with Crippen LogP contribution in [0.1, 0.15) is 44.4 Å². The monoisotopic (exact) mass is 206 g/mol. The van der Waals surface area contributed by atoms with Crippen LogP contribution in [0.3, 0.4) is 0 Å². The fourth-order valence-corrected chi connectivity index (χ4v) is 1.91. The minimum Gasteiger partial charge on any atom is -0.496 e. The van der Waals surface area contributed by atoms with Gasteiger partial charge in [-0.1, -0.05) is 45.4 Å². The second-order valence-corrected chi connectivity index (χ2v) is 5.11. The first-order valence-electron chi connectivity index (χ1n) is 5.58. The van der Waals surface area contributed by atoms with Crippen LogP contribution in [0.15, 0.2) is 12.1 Å². The lowest BCUT2D eigenvalue weighted by molar-refractivity contribution is 0.393. The Morgan fingerprint density at radius 3 is 2.20 bits per heavy atom. The summed E-state index contributed by atoms with van der Waals surface area (Å²) in [6, 6.07) is 4.45. The smallest absolute Gasteiger partial charge is 0.125 e. The van der Waals surface area contributed by atoms with E-state index in [9.17, 15) is 0 Å². The van der Waals surface area contributed by atoms with Crippen molar-refractivity contribution in [2.75, 3.05) is 7.11 Å². The third-order valence-corrected chi connectivity index (χ3v) is 2.70. The summed E-state index contributed by atoms with van der Waals surface area (Å²) in [6.07, 6.45) is 1.02. The summed E-state index contributed by atoms with van der Waals surface area (Å²) in [6.45, 7) is 11.0. The first-order chi connectivity index (χ1) is 6.90. The predicted octanol–water partition coefficient (Wildman–Crippen LogP) is 3.86. The van der Waals surface area contributed by atoms with Gasteiger partial charge >= 0.3 is 0 Å². The van der Waals surface area contributed by atoms with Crippen LogP contribution in [0.2, 0.25) is 0 Å². The number of aryl methyl sites for hydroxylation is 2. The zero-order valence-electron chi connectivity index (χ0n) is 10.8. The molecule has 15 heavy (non-hydrogen) atoms. The highest BCUT2D eigenvalue weighted by Gasteiger charge is 2.20. The molecule has 0 aromatic heterocycles. The molecule has 0 saturated heterocycles. The Morgan fingerprint density at radius 1 is 1.20 bits per heavy atom. The summed E-state index contributed by atoms with van der Waals surface area (Å²) in [5, 5.41) is 0. The van der Waals surface area contributed by atoms with Crippen LogP contribution in [0.4, 0.5) is 0 Å². The van der Waals surface area contributed by atoms with Crippen LogP contribution in [-0.2, 0) is 11.8 Å². The number of rotatable bonds is 2. The number of hydrogen-bond donors (Lipinski definition) is 0. The molecular weight excluding hydrogens is 184 g/mol. The lowest BCUT2D eigenvalue weighted by Gasteiger charge is -2.24. The van der Waals surface area contributed by atoms with Crippen molar-refractivity contribution < 1.29 is 4.74 Å². The van der Waals surface area contributed by atoms with Crippen LogP contribution >= 0.6 is 0 Å². The van der Waals surface area contributed by atoms with Crippen LogP contribution < -0.4 is 4.74 Å². The van der Waals surface area contributed by atoms with Gasteiger partial charge in [0, 0.05) is 5.56 Å². The Labute approximate surface area is 93.5 Å². The third kappa shape index (κ3) is 2.53. The molecule has 0 aliphatic rings. The summed E-state index contributed by atoms with van der Waals surface area (Å²) in [4.78, 5) is 0. The Morgan fingerprint density at radius 2 is 1.80 bits per heavy atom. The van der Waals surface area contributed by atoms with Crippen LogP contribution in [0.5, 0.6) is 5.75 Å². The largest absolute Gasteiger partial charge is 0.496 e. The Hall–Kier alpha value is -0.980. The molecule has 1 rings (SSSR count). The molecule has 1 aromatic rings. The Kier molecular flexibility index (Phi) is 3.43. The van der Waals surface area contributed by atoms with E-state index in [2.05, 4.69) is 46.8 Å². The van der Waals surface area contributed by atoms with Gasteiger partial charge in [-0.15, -0.1) is 0 Å². The van der Waals surface area contributed by atoms with Crippen molar-refractivity contribution in [3.63, 3.8) is 0 Å². The highest BCUT2D eigenvalue weighted by atomic mass is 16.5. The molecule has 0 fully saturated rings. The molecule has 0 aliphatic heterocycles. The minimum absolute atomic E-state index is 0.140. The summed E-state index contributed by atoms with van der Waals surface area (Å²) in [7, 11) is 1.76. The molecule has 0 saturated carbocycles. The highest BCUT2D eigenvalue weighted by molar-refractivity contribution is 5.47. The van der Waals surface area contributed by atoms with E-state index in [1.807, 2.05) is 0 Å². The van der Waals surface area contributed by atoms with Crippen LogP contribution in [0, 0.1) is 6.92 Å². The first-order valence-corrected chi connectivity index (χ1v) is 5.58. The predicted molar refractivity (Wildman–Crippen MR) is 65.8 cm³/mol. The van der Waals surface area contributed by atoms with Gasteiger partial charge in [0.25, 0.3) is 0 Å². The van der Waals surface area contributed by atoms with Crippen molar-refractivity contribution >= 4 is 0 Å². The zero-order valence-corrected chi connectivity index (χ0v) is 10.8. The van der Waals surface area contributed by atoms with E-state index >= 15 is 0 Å². The summed E-state index contributed by atoms with van der Waals surface area (Å²) in [5.74, 6) is 1.07. The summed E-state index contributed by atoms with van der Waals surface area (Å²) < 4.78 is 5.55. The maximum absolute atomic E-state index is 5.55. The fraction of sp³-hybridized carbons (Fsp3) is 0.571. The normalized spacial score (nSPS) is 11.6. The van der Waals surface area contributed by atoms with Crippen molar-refractivity contribution in [2.24, 2.45) is 0 Å². The molecule has 1 nitrogen and oxygen atoms in total. The highest BCUT2D eigenvalue weighted by Crippen LogP contribution is 2.35. The lowest BCUT2D eigenvalue weighted by Crippen LogP contribution is -2.14. The van der Waals surface area contributed by atoms with E-state index < -0.39 is 0 Å². The van der Waals surface area contributed by atoms with Crippen LogP contribution in [-0.4, -0.2) is 7.11 Å². The zero-order chi connectivity index (χ0) is 11.6. The van der Waals surface area contributed by atoms with E-state index in [0.29, 0.717) is 0 Å². The molecule has 0 bridgehead atoms. The maximum Gasteiger partial charge on any atom is 0.125 e. The van der Waals surface area contributed by atoms with Crippen molar-refractivity contribution in [1.82, 2.24) is 0 Å². The summed E-state index contributed by atoms with van der Waals surface area (Å²) in [5.41, 5.74) is 4.07. The summed E-state index contributed by atoms with van der Waals surface area (Å²) >= 11 is 0. The van der Waals surface area contributed by atoms with E-state index in [-0.39, 0.29) is 5.41 Å². The SMILES string of the molecule is CCc1cc(C)cc(C(C)(C)C)c1OC. The van der Waals surface area contributed by atoms with Crippen LogP contribution in [0.25, 0.3) is 0 Å². The molecule has 0 heterocycles. The van der Waals surface area contributed by atoms with E-state index in [4.69, 9.17) is 4.74 Å². The van der Waals surface area contributed by atoms with Gasteiger partial charge in [-0.25, -0.2) is 0 Å². The molecule has 0 N–H and O–H groups in total. The lowest BCUT2D eigenvalue weighted by atomic mass is 9.84. The number of methoxy groups -OCH3 is 1. The number of ether oxygens (including phenoxy) is 1. The molecule has 0 atom stereocenters. The quantitative estimate of drug-likeness (QED) is 0.714. The number of benzene rings is 1. The molecule has 0 aliphatic carbocycles. The van der Waals surface area contributed by atoms with Crippen molar-refractivity contribution in [1.29, 1.82) is 0 Å². The Bertz CT molecular complexity index is 345. The second kappa shape index (κ2) is 4.26. The standard InChI is InChI=1S/C14H22O/c1-7-11-8-10(2)9-12(13(11)15-6)14(3,4)5/h8-9H,7H2,1-6H3. The second-order valence-electron chi connectivity index (χ2n) is 5.11. The molecule has 84 valence electrons. The topological polar surface area (TPSA) is 9.23 Å². The molecule has 0 spiro atoms. The van der Waals surface area contributed by atoms with Gasteiger partial charge in [0.1, 0.15) is 5.75 Å². The van der Waals surface area contributed by atoms with E-state index in [0.717, 1.165) is 12.2 Å². The average Bonchev–Trinajstić information content (AvgIpc) is 2.15. The van der Waals surface area contributed by atoms with Gasteiger partial charge in [0.2, 0.25) is 0 Å². The van der Waals surface area contributed by atoms with Crippen molar-refractivity contribution in [2.45, 2.75) is 46.5 Å². The third-order valence-electron chi connectivity index (χ3n) is 2.70. The molecular formula is C14H22O. The van der Waals surface area contributed by atoms with Crippen molar-refractivity contribution in [3.8, 4) is 5.75 Å². The van der Waals surface area contributed by atoms with Gasteiger partial charge in [-0.05, 0) is 24.3 Å². The molecule has 0 amide bonds. The van der Waals surface area contributed by atoms with E-state index in [1.165, 1.54) is 16.7 Å². The molecule has 1 aromatic carbocycles. The Balaban J connectivity index is 3.42. The molecule has 0 unspecified atom stereocenters. The van der Waals surface area contributed by atoms with Gasteiger partial charge in [-0.2, -0.15) is 0 Å². The molecule has 0 radical (unpaired) electrons. The minimum atomic E-state index is 0.140. The maximum atomic E-state index is 5.55. The van der Waals surface area contributed by atoms with Gasteiger partial charge in [0.05, 0.1) is 7.11 Å². The first kappa shape index (κ1) is 12.1. The van der Waals surface area contributed by atoms with Gasteiger partial charge < -0.3 is 4.74 Å². The van der Waals surface area contributed by atoms with Gasteiger partial charge in [0.15, 0.2) is 0 Å².